The fourth-order valence-electron chi connectivity index (χ4n) is 3.16. The summed E-state index contributed by atoms with van der Waals surface area (Å²) in [4.78, 5) is 12.0. The molecule has 1 N–H and O–H groups in total. The van der Waals surface area contributed by atoms with Crippen LogP contribution in [0.25, 0.3) is 0 Å². The van der Waals surface area contributed by atoms with E-state index in [1.165, 1.54) is 6.42 Å². The van der Waals surface area contributed by atoms with Crippen LogP contribution in [0, 0.1) is 11.8 Å². The monoisotopic (exact) mass is 256 g/mol. The minimum absolute atomic E-state index is 0.0827. The zero-order valence-corrected chi connectivity index (χ0v) is 12.1. The Morgan fingerprint density at radius 2 is 1.83 bits per heavy atom. The number of hydrogen-bond acceptors (Lipinski definition) is 3. The molecule has 0 aliphatic heterocycles. The first kappa shape index (κ1) is 15.5. The molecular weight excluding hydrogens is 228 g/mol. The van der Waals surface area contributed by atoms with E-state index in [1.807, 2.05) is 6.92 Å². The van der Waals surface area contributed by atoms with Gasteiger partial charge in [0.15, 0.2) is 5.60 Å². The van der Waals surface area contributed by atoms with Gasteiger partial charge in [-0.05, 0) is 38.0 Å². The van der Waals surface area contributed by atoms with Crippen molar-refractivity contribution in [3.05, 3.63) is 0 Å². The number of carbonyl (C=O) groups excluding carboxylic acids is 1. The Kier molecular flexibility index (Phi) is 6.13. The Balaban J connectivity index is 2.69. The van der Waals surface area contributed by atoms with Gasteiger partial charge in [0.2, 0.25) is 0 Å². The lowest BCUT2D eigenvalue weighted by molar-refractivity contribution is -0.174. The van der Waals surface area contributed by atoms with Crippen molar-refractivity contribution in [3.8, 4) is 0 Å². The molecule has 0 aromatic rings. The van der Waals surface area contributed by atoms with E-state index in [1.54, 1.807) is 6.92 Å². The van der Waals surface area contributed by atoms with Crippen molar-refractivity contribution in [1.29, 1.82) is 0 Å². The van der Waals surface area contributed by atoms with Gasteiger partial charge in [0, 0.05) is 0 Å². The van der Waals surface area contributed by atoms with E-state index in [4.69, 9.17) is 4.74 Å². The Hall–Kier alpha value is -0.570. The Morgan fingerprint density at radius 1 is 1.22 bits per heavy atom. The first-order valence-corrected chi connectivity index (χ1v) is 7.48. The van der Waals surface area contributed by atoms with Crippen LogP contribution in [-0.4, -0.2) is 23.3 Å². The highest BCUT2D eigenvalue weighted by atomic mass is 16.5. The van der Waals surface area contributed by atoms with Gasteiger partial charge in [0.25, 0.3) is 0 Å². The zero-order valence-electron chi connectivity index (χ0n) is 12.1. The van der Waals surface area contributed by atoms with E-state index in [9.17, 15) is 9.90 Å². The highest BCUT2D eigenvalue weighted by molar-refractivity contribution is 5.79. The third-order valence-electron chi connectivity index (χ3n) is 4.36. The first-order valence-electron chi connectivity index (χ1n) is 7.48. The van der Waals surface area contributed by atoms with E-state index in [0.717, 1.165) is 38.0 Å². The summed E-state index contributed by atoms with van der Waals surface area (Å²) in [5, 5.41) is 10.7. The topological polar surface area (TPSA) is 46.5 Å². The number of hydrogen-bond donors (Lipinski definition) is 1. The van der Waals surface area contributed by atoms with Crippen molar-refractivity contribution in [3.63, 3.8) is 0 Å². The Labute approximate surface area is 111 Å². The molecule has 1 unspecified atom stereocenters. The van der Waals surface area contributed by atoms with Crippen LogP contribution in [0.5, 0.6) is 0 Å². The highest BCUT2D eigenvalue weighted by Gasteiger charge is 2.45. The molecule has 0 aromatic heterocycles. The molecule has 0 aromatic carbocycles. The van der Waals surface area contributed by atoms with Crippen LogP contribution < -0.4 is 0 Å². The molecule has 18 heavy (non-hydrogen) atoms. The van der Waals surface area contributed by atoms with Gasteiger partial charge in [-0.15, -0.1) is 0 Å². The summed E-state index contributed by atoms with van der Waals surface area (Å²) in [5.74, 6) is 0.445. The summed E-state index contributed by atoms with van der Waals surface area (Å²) in [5.41, 5.74) is -1.25. The fourth-order valence-corrected chi connectivity index (χ4v) is 3.16. The lowest BCUT2D eigenvalue weighted by Gasteiger charge is -2.38. The van der Waals surface area contributed by atoms with E-state index >= 15 is 0 Å². The van der Waals surface area contributed by atoms with Gasteiger partial charge in [-0.3, -0.25) is 0 Å². The maximum Gasteiger partial charge on any atom is 0.338 e. The van der Waals surface area contributed by atoms with Crippen molar-refractivity contribution >= 4 is 5.97 Å². The third-order valence-corrected chi connectivity index (χ3v) is 4.36. The smallest absolute Gasteiger partial charge is 0.338 e. The Bertz CT molecular complexity index is 256. The molecule has 1 aliphatic rings. The summed E-state index contributed by atoms with van der Waals surface area (Å²) < 4.78 is 5.08. The van der Waals surface area contributed by atoms with Gasteiger partial charge in [-0.25, -0.2) is 4.79 Å². The average molecular weight is 256 g/mol. The molecule has 1 saturated carbocycles. The second-order valence-electron chi connectivity index (χ2n) is 5.52. The lowest BCUT2D eigenvalue weighted by Crippen LogP contribution is -2.48. The molecule has 106 valence electrons. The predicted octanol–water partition coefficient (Wildman–Crippen LogP) is 3.30. The molecular formula is C15H28O3. The van der Waals surface area contributed by atoms with Crippen LogP contribution in [0.1, 0.15) is 65.7 Å². The number of aliphatic hydroxyl groups is 1. The molecule has 3 nitrogen and oxygen atoms in total. The van der Waals surface area contributed by atoms with Gasteiger partial charge < -0.3 is 9.84 Å². The lowest BCUT2D eigenvalue weighted by atomic mass is 9.71. The standard InChI is InChI=1S/C15H28O3/c1-4-11-15(17,14(16)18-6-3)13-9-7-12(5-2)8-10-13/h12-13,17H,4-11H2,1-3H3. The van der Waals surface area contributed by atoms with E-state index < -0.39 is 11.6 Å². The number of carbonyl (C=O) groups is 1. The summed E-state index contributed by atoms with van der Waals surface area (Å²) in [6, 6.07) is 0. The van der Waals surface area contributed by atoms with Crippen LogP contribution >= 0.6 is 0 Å². The molecule has 1 rings (SSSR count). The maximum absolute atomic E-state index is 12.0. The highest BCUT2D eigenvalue weighted by Crippen LogP contribution is 2.39. The first-order chi connectivity index (χ1) is 8.58. The zero-order chi connectivity index (χ0) is 13.6. The SMILES string of the molecule is CCCC(O)(C(=O)OCC)C1CCC(CC)CC1. The van der Waals surface area contributed by atoms with Crippen molar-refractivity contribution < 1.29 is 14.6 Å². The van der Waals surface area contributed by atoms with Crippen LogP contribution in [0.2, 0.25) is 0 Å². The number of ether oxygens (including phenoxy) is 1. The molecule has 0 spiro atoms. The molecule has 3 heteroatoms. The van der Waals surface area contributed by atoms with Gasteiger partial charge in [-0.1, -0.05) is 39.5 Å². The molecule has 0 heterocycles. The largest absolute Gasteiger partial charge is 0.464 e. The molecule has 0 saturated heterocycles. The fraction of sp³-hybridized carbons (Fsp3) is 0.933. The third kappa shape index (κ3) is 3.47. The predicted molar refractivity (Wildman–Crippen MR) is 72.2 cm³/mol. The van der Waals surface area contributed by atoms with Gasteiger partial charge in [0.05, 0.1) is 6.61 Å². The minimum Gasteiger partial charge on any atom is -0.464 e. The summed E-state index contributed by atoms with van der Waals surface area (Å²) >= 11 is 0. The Morgan fingerprint density at radius 3 is 2.28 bits per heavy atom. The second kappa shape index (κ2) is 7.13. The normalized spacial score (nSPS) is 27.6. The van der Waals surface area contributed by atoms with Crippen molar-refractivity contribution in [1.82, 2.24) is 0 Å². The summed E-state index contributed by atoms with van der Waals surface area (Å²) in [6.45, 7) is 6.35. The number of rotatable bonds is 6. The molecule has 1 atom stereocenters. The molecule has 0 amide bonds. The average Bonchev–Trinajstić information content (AvgIpc) is 2.39. The van der Waals surface area contributed by atoms with Gasteiger partial charge in [-0.2, -0.15) is 0 Å². The quantitative estimate of drug-likeness (QED) is 0.742. The van der Waals surface area contributed by atoms with Gasteiger partial charge >= 0.3 is 5.97 Å². The molecule has 0 radical (unpaired) electrons. The molecule has 0 bridgehead atoms. The second-order valence-corrected chi connectivity index (χ2v) is 5.52. The van der Waals surface area contributed by atoms with Crippen LogP contribution in [0.4, 0.5) is 0 Å². The molecule has 1 fully saturated rings. The van der Waals surface area contributed by atoms with Crippen molar-refractivity contribution in [2.24, 2.45) is 11.8 Å². The van der Waals surface area contributed by atoms with Gasteiger partial charge in [0.1, 0.15) is 0 Å². The van der Waals surface area contributed by atoms with Crippen LogP contribution in [0.15, 0.2) is 0 Å². The van der Waals surface area contributed by atoms with Crippen molar-refractivity contribution in [2.75, 3.05) is 6.61 Å². The van der Waals surface area contributed by atoms with E-state index in [-0.39, 0.29) is 5.92 Å². The molecule has 1 aliphatic carbocycles. The summed E-state index contributed by atoms with van der Waals surface area (Å²) in [7, 11) is 0. The van der Waals surface area contributed by atoms with E-state index in [2.05, 4.69) is 6.92 Å². The number of esters is 1. The minimum atomic E-state index is -1.25. The van der Waals surface area contributed by atoms with Crippen LogP contribution in [-0.2, 0) is 9.53 Å². The van der Waals surface area contributed by atoms with Crippen molar-refractivity contribution in [2.45, 2.75) is 71.3 Å². The summed E-state index contributed by atoms with van der Waals surface area (Å²) in [6.07, 6.45) is 6.70. The van der Waals surface area contributed by atoms with E-state index in [0.29, 0.717) is 13.0 Å². The van der Waals surface area contributed by atoms with Crippen LogP contribution in [0.3, 0.4) is 0 Å². The maximum atomic E-state index is 12.0.